The normalized spacial score (nSPS) is 26.0. The molecule has 0 saturated carbocycles. The van der Waals surface area contributed by atoms with Crippen LogP contribution in [0.25, 0.3) is 0 Å². The van der Waals surface area contributed by atoms with Gasteiger partial charge in [0.1, 0.15) is 6.10 Å². The van der Waals surface area contributed by atoms with Crippen molar-refractivity contribution in [3.8, 4) is 0 Å². The maximum atomic E-state index is 6.14. The summed E-state index contributed by atoms with van der Waals surface area (Å²) in [5.41, 5.74) is 3.88. The van der Waals surface area contributed by atoms with E-state index in [0.29, 0.717) is 5.92 Å². The lowest BCUT2D eigenvalue weighted by Crippen LogP contribution is -2.35. The zero-order valence-corrected chi connectivity index (χ0v) is 13.7. The predicted molar refractivity (Wildman–Crippen MR) is 86.8 cm³/mol. The van der Waals surface area contributed by atoms with E-state index in [1.807, 2.05) is 24.1 Å². The van der Waals surface area contributed by atoms with E-state index in [2.05, 4.69) is 26.3 Å². The van der Waals surface area contributed by atoms with E-state index >= 15 is 0 Å². The molecule has 0 bridgehead atoms. The molecule has 2 aromatic heterocycles. The Morgan fingerprint density at radius 1 is 1.39 bits per heavy atom. The second-order valence-corrected chi connectivity index (χ2v) is 6.79. The van der Waals surface area contributed by atoms with Crippen LogP contribution >= 0.6 is 0 Å². The average molecular weight is 315 g/mol. The molecule has 2 aliphatic rings. The minimum absolute atomic E-state index is 0.170. The van der Waals surface area contributed by atoms with Crippen molar-refractivity contribution in [1.29, 1.82) is 0 Å². The molecule has 23 heavy (non-hydrogen) atoms. The quantitative estimate of drug-likeness (QED) is 0.942. The molecule has 2 atom stereocenters. The molecule has 0 spiro atoms. The van der Waals surface area contributed by atoms with Gasteiger partial charge in [0.05, 0.1) is 11.9 Å². The summed E-state index contributed by atoms with van der Waals surface area (Å²) in [6, 6.07) is 2.10. The van der Waals surface area contributed by atoms with E-state index in [9.17, 15) is 0 Å². The molecule has 2 aliphatic heterocycles. The lowest BCUT2D eigenvalue weighted by Gasteiger charge is -2.35. The lowest BCUT2D eigenvalue weighted by atomic mass is 9.91. The third kappa shape index (κ3) is 3.05. The Hall–Kier alpha value is -1.66. The Labute approximate surface area is 136 Å². The van der Waals surface area contributed by atoms with Gasteiger partial charge in [0.25, 0.3) is 0 Å². The van der Waals surface area contributed by atoms with Crippen molar-refractivity contribution in [2.24, 2.45) is 13.0 Å². The highest BCUT2D eigenvalue weighted by molar-refractivity contribution is 5.17. The van der Waals surface area contributed by atoms with E-state index in [-0.39, 0.29) is 6.10 Å². The van der Waals surface area contributed by atoms with Crippen molar-refractivity contribution in [3.63, 3.8) is 0 Å². The maximum Gasteiger partial charge on any atom is 0.103 e. The molecule has 0 aliphatic carbocycles. The molecule has 0 amide bonds. The van der Waals surface area contributed by atoms with Crippen molar-refractivity contribution in [2.45, 2.75) is 38.3 Å². The van der Waals surface area contributed by atoms with Crippen LogP contribution in [-0.4, -0.2) is 44.6 Å². The summed E-state index contributed by atoms with van der Waals surface area (Å²) < 4.78 is 8.09. The summed E-state index contributed by atoms with van der Waals surface area (Å²) in [5.74, 6) is 0.535. The number of hydrogen-bond acceptors (Lipinski definition) is 4. The number of fused-ring (bicyclic) bond motifs is 1. The Bertz CT molecular complexity index is 649. The standard InChI is InChI=1S/C17H25N5O/c1-21-16(6-7-19-21)17-13(4-3-9-23-17)11-22-8-2-5-15-14(12-22)10-18-20-15/h6-7,10,13,17H,2-5,8-9,11-12H2,1H3,(H,18,20)/t13-,17+/m0/s1. The van der Waals surface area contributed by atoms with Gasteiger partial charge >= 0.3 is 0 Å². The van der Waals surface area contributed by atoms with Crippen LogP contribution in [0.3, 0.4) is 0 Å². The first-order valence-electron chi connectivity index (χ1n) is 8.64. The molecule has 0 aromatic carbocycles. The number of aromatic nitrogens is 4. The molecule has 1 N–H and O–H groups in total. The van der Waals surface area contributed by atoms with Gasteiger partial charge < -0.3 is 4.74 Å². The zero-order chi connectivity index (χ0) is 15.6. The molecule has 6 nitrogen and oxygen atoms in total. The van der Waals surface area contributed by atoms with Gasteiger partial charge in [-0.3, -0.25) is 14.7 Å². The molecule has 4 rings (SSSR count). The molecule has 4 heterocycles. The van der Waals surface area contributed by atoms with Crippen molar-refractivity contribution < 1.29 is 4.74 Å². The second kappa shape index (κ2) is 6.45. The average Bonchev–Trinajstić information content (AvgIpc) is 3.13. The third-order valence-corrected chi connectivity index (χ3v) is 5.19. The summed E-state index contributed by atoms with van der Waals surface area (Å²) in [7, 11) is 2.01. The number of nitrogens with zero attached hydrogens (tertiary/aromatic N) is 4. The summed E-state index contributed by atoms with van der Waals surface area (Å²) in [6.07, 6.45) is 8.71. The minimum atomic E-state index is 0.170. The van der Waals surface area contributed by atoms with Crippen LogP contribution < -0.4 is 0 Å². The van der Waals surface area contributed by atoms with Gasteiger partial charge in [0.15, 0.2) is 0 Å². The first-order valence-corrected chi connectivity index (χ1v) is 8.64. The predicted octanol–water partition coefficient (Wildman–Crippen LogP) is 2.06. The summed E-state index contributed by atoms with van der Waals surface area (Å²) in [5, 5.41) is 11.7. The van der Waals surface area contributed by atoms with Gasteiger partial charge in [-0.05, 0) is 38.3 Å². The highest BCUT2D eigenvalue weighted by atomic mass is 16.5. The van der Waals surface area contributed by atoms with Gasteiger partial charge in [0, 0.05) is 50.1 Å². The molecule has 2 aromatic rings. The van der Waals surface area contributed by atoms with Gasteiger partial charge in [-0.1, -0.05) is 0 Å². The van der Waals surface area contributed by atoms with Crippen LogP contribution in [-0.2, 0) is 24.8 Å². The van der Waals surface area contributed by atoms with E-state index in [4.69, 9.17) is 4.74 Å². The fourth-order valence-electron chi connectivity index (χ4n) is 4.00. The third-order valence-electron chi connectivity index (χ3n) is 5.19. The number of aromatic amines is 1. The molecule has 1 fully saturated rings. The zero-order valence-electron chi connectivity index (χ0n) is 13.7. The number of ether oxygens (including phenoxy) is 1. The van der Waals surface area contributed by atoms with Crippen LogP contribution in [0, 0.1) is 5.92 Å². The fraction of sp³-hybridized carbons (Fsp3) is 0.647. The molecule has 0 radical (unpaired) electrons. The first-order chi connectivity index (χ1) is 11.3. The molecule has 124 valence electrons. The van der Waals surface area contributed by atoms with Gasteiger partial charge in [-0.15, -0.1) is 0 Å². The monoisotopic (exact) mass is 315 g/mol. The van der Waals surface area contributed by atoms with Gasteiger partial charge in [0.2, 0.25) is 0 Å². The topological polar surface area (TPSA) is 59.0 Å². The molecule has 6 heteroatoms. The molecule has 0 unspecified atom stereocenters. The Morgan fingerprint density at radius 3 is 3.22 bits per heavy atom. The molecular formula is C17H25N5O. The van der Waals surface area contributed by atoms with Crippen molar-refractivity contribution in [3.05, 3.63) is 35.4 Å². The van der Waals surface area contributed by atoms with E-state index < -0.39 is 0 Å². The molecule has 1 saturated heterocycles. The van der Waals surface area contributed by atoms with Gasteiger partial charge in [-0.25, -0.2) is 0 Å². The summed E-state index contributed by atoms with van der Waals surface area (Å²) in [6.45, 7) is 4.09. The highest BCUT2D eigenvalue weighted by Gasteiger charge is 2.31. The Kier molecular flexibility index (Phi) is 4.18. The van der Waals surface area contributed by atoms with Crippen LogP contribution in [0.5, 0.6) is 0 Å². The Morgan fingerprint density at radius 2 is 2.35 bits per heavy atom. The van der Waals surface area contributed by atoms with Crippen LogP contribution in [0.15, 0.2) is 18.5 Å². The number of H-pyrrole nitrogens is 1. The SMILES string of the molecule is Cn1nccc1[C@@H]1OCCC[C@H]1CN1CCCc2[nH]ncc2C1. The number of nitrogens with one attached hydrogen (secondary N) is 1. The van der Waals surface area contributed by atoms with Crippen LogP contribution in [0.4, 0.5) is 0 Å². The first kappa shape index (κ1) is 14.9. The summed E-state index contributed by atoms with van der Waals surface area (Å²) >= 11 is 0. The smallest absolute Gasteiger partial charge is 0.103 e. The van der Waals surface area contributed by atoms with E-state index in [1.165, 1.54) is 29.8 Å². The van der Waals surface area contributed by atoms with Crippen molar-refractivity contribution in [2.75, 3.05) is 19.7 Å². The molecular weight excluding hydrogens is 290 g/mol. The van der Waals surface area contributed by atoms with Crippen molar-refractivity contribution >= 4 is 0 Å². The van der Waals surface area contributed by atoms with Crippen LogP contribution in [0.1, 0.15) is 42.3 Å². The highest BCUT2D eigenvalue weighted by Crippen LogP contribution is 2.34. The van der Waals surface area contributed by atoms with E-state index in [1.54, 1.807) is 0 Å². The van der Waals surface area contributed by atoms with Crippen molar-refractivity contribution in [1.82, 2.24) is 24.9 Å². The number of aryl methyl sites for hydroxylation is 2. The second-order valence-electron chi connectivity index (χ2n) is 6.79. The largest absolute Gasteiger partial charge is 0.372 e. The fourth-order valence-corrected chi connectivity index (χ4v) is 4.00. The minimum Gasteiger partial charge on any atom is -0.372 e. The van der Waals surface area contributed by atoms with Gasteiger partial charge in [-0.2, -0.15) is 10.2 Å². The van der Waals surface area contributed by atoms with Crippen LogP contribution in [0.2, 0.25) is 0 Å². The Balaban J connectivity index is 1.49. The lowest BCUT2D eigenvalue weighted by molar-refractivity contribution is -0.0438. The summed E-state index contributed by atoms with van der Waals surface area (Å²) in [4.78, 5) is 2.57. The van der Waals surface area contributed by atoms with E-state index in [0.717, 1.165) is 39.1 Å². The maximum absolute atomic E-state index is 6.14. The number of rotatable bonds is 3. The number of hydrogen-bond donors (Lipinski definition) is 1.